The van der Waals surface area contributed by atoms with Crippen LogP contribution in [0.2, 0.25) is 0 Å². The van der Waals surface area contributed by atoms with Gasteiger partial charge in [0, 0.05) is 31.0 Å². The Morgan fingerprint density at radius 3 is 2.61 bits per heavy atom. The van der Waals surface area contributed by atoms with E-state index in [9.17, 15) is 13.2 Å². The van der Waals surface area contributed by atoms with Crippen LogP contribution in [0.4, 0.5) is 0 Å². The summed E-state index contributed by atoms with van der Waals surface area (Å²) < 4.78 is 36.9. The zero-order valence-corrected chi connectivity index (χ0v) is 17.8. The molecule has 8 heteroatoms. The second-order valence-corrected chi connectivity index (χ2v) is 10.4. The number of benzene rings is 1. The molecule has 1 aromatic rings. The van der Waals surface area contributed by atoms with Crippen molar-refractivity contribution >= 4 is 15.9 Å². The van der Waals surface area contributed by atoms with E-state index < -0.39 is 15.6 Å². The Labute approximate surface area is 167 Å². The second kappa shape index (κ2) is 7.91. The number of carbonyl (C=O) groups excluding carboxylic acids is 1. The number of sulfonamides is 1. The van der Waals surface area contributed by atoms with E-state index in [1.807, 2.05) is 32.0 Å². The van der Waals surface area contributed by atoms with Crippen LogP contribution in [0.1, 0.15) is 51.6 Å². The first-order valence-corrected chi connectivity index (χ1v) is 11.4. The fourth-order valence-electron chi connectivity index (χ4n) is 3.96. The van der Waals surface area contributed by atoms with Crippen molar-refractivity contribution in [1.82, 2.24) is 9.62 Å². The average molecular weight is 411 g/mol. The number of hydrogen-bond acceptors (Lipinski definition) is 5. The fraction of sp³-hybridized carbons (Fsp3) is 0.650. The summed E-state index contributed by atoms with van der Waals surface area (Å²) >= 11 is 0. The average Bonchev–Trinajstić information content (AvgIpc) is 2.67. The van der Waals surface area contributed by atoms with Crippen molar-refractivity contribution in [3.05, 3.63) is 23.8 Å². The molecule has 7 nitrogen and oxygen atoms in total. The number of piperidine rings is 1. The minimum absolute atomic E-state index is 0.0231. The third-order valence-corrected chi connectivity index (χ3v) is 7.46. The Bertz CT molecular complexity index is 829. The topological polar surface area (TPSA) is 84.9 Å². The standard InChI is InChI=1S/C20H30N2O5S/c1-5-28(24,25)22-10-8-14(9-11-22)19(23)21-17-13-20(2,3)27-18-7-6-15(26-4)12-16(17)18/h6-7,12,14,17H,5,8-11,13H2,1-4H3,(H,21,23)/t17-/m0/s1. The number of rotatable bonds is 5. The molecule has 1 amide bonds. The Morgan fingerprint density at radius 1 is 1.32 bits per heavy atom. The maximum Gasteiger partial charge on any atom is 0.223 e. The monoisotopic (exact) mass is 410 g/mol. The van der Waals surface area contributed by atoms with Gasteiger partial charge in [-0.25, -0.2) is 12.7 Å². The zero-order chi connectivity index (χ0) is 20.5. The molecule has 0 unspecified atom stereocenters. The molecule has 1 atom stereocenters. The van der Waals surface area contributed by atoms with Crippen LogP contribution in [0.25, 0.3) is 0 Å². The number of fused-ring (bicyclic) bond motifs is 1. The molecule has 1 fully saturated rings. The Morgan fingerprint density at radius 2 is 2.00 bits per heavy atom. The molecule has 0 aliphatic carbocycles. The second-order valence-electron chi connectivity index (χ2n) is 8.10. The van der Waals surface area contributed by atoms with Gasteiger partial charge in [-0.3, -0.25) is 4.79 Å². The van der Waals surface area contributed by atoms with Crippen LogP contribution in [0.5, 0.6) is 11.5 Å². The van der Waals surface area contributed by atoms with Gasteiger partial charge in [0.1, 0.15) is 17.1 Å². The summed E-state index contributed by atoms with van der Waals surface area (Å²) in [6.45, 7) is 6.46. The minimum Gasteiger partial charge on any atom is -0.497 e. The Kier molecular flexibility index (Phi) is 5.91. The lowest BCUT2D eigenvalue weighted by Gasteiger charge is -2.39. The van der Waals surface area contributed by atoms with Crippen LogP contribution in [0.15, 0.2) is 18.2 Å². The highest BCUT2D eigenvalue weighted by Crippen LogP contribution is 2.41. The SMILES string of the molecule is CCS(=O)(=O)N1CCC(C(=O)N[C@H]2CC(C)(C)Oc3ccc(OC)cc32)CC1. The lowest BCUT2D eigenvalue weighted by Crippen LogP contribution is -2.46. The van der Waals surface area contributed by atoms with E-state index in [0.717, 1.165) is 17.1 Å². The van der Waals surface area contributed by atoms with Crippen molar-refractivity contribution in [3.63, 3.8) is 0 Å². The molecule has 0 spiro atoms. The molecular formula is C20H30N2O5S. The maximum atomic E-state index is 12.9. The Hall–Kier alpha value is -1.80. The van der Waals surface area contributed by atoms with Gasteiger partial charge < -0.3 is 14.8 Å². The van der Waals surface area contributed by atoms with E-state index in [4.69, 9.17) is 9.47 Å². The van der Waals surface area contributed by atoms with Gasteiger partial charge in [-0.05, 0) is 51.8 Å². The highest BCUT2D eigenvalue weighted by atomic mass is 32.2. The van der Waals surface area contributed by atoms with Crippen LogP contribution in [-0.4, -0.2) is 50.2 Å². The van der Waals surface area contributed by atoms with E-state index in [2.05, 4.69) is 5.32 Å². The molecule has 0 saturated carbocycles. The summed E-state index contributed by atoms with van der Waals surface area (Å²) in [6.07, 6.45) is 1.74. The van der Waals surface area contributed by atoms with Crippen molar-refractivity contribution in [2.45, 2.75) is 51.7 Å². The first kappa shape index (κ1) is 20.9. The molecule has 156 valence electrons. The van der Waals surface area contributed by atoms with Gasteiger partial charge in [0.25, 0.3) is 0 Å². The summed E-state index contributed by atoms with van der Waals surface area (Å²) in [5, 5.41) is 3.18. The molecule has 0 radical (unpaired) electrons. The molecule has 1 saturated heterocycles. The number of hydrogen-bond donors (Lipinski definition) is 1. The maximum absolute atomic E-state index is 12.9. The number of methoxy groups -OCH3 is 1. The van der Waals surface area contributed by atoms with E-state index in [1.54, 1.807) is 14.0 Å². The smallest absolute Gasteiger partial charge is 0.223 e. The van der Waals surface area contributed by atoms with Gasteiger partial charge in [-0.1, -0.05) is 0 Å². The van der Waals surface area contributed by atoms with Gasteiger partial charge in [0.2, 0.25) is 15.9 Å². The molecule has 0 bridgehead atoms. The van der Waals surface area contributed by atoms with Crippen molar-refractivity contribution < 1.29 is 22.7 Å². The number of nitrogens with one attached hydrogen (secondary N) is 1. The fourth-order valence-corrected chi connectivity index (χ4v) is 5.09. The molecule has 0 aromatic heterocycles. The molecule has 3 rings (SSSR count). The first-order valence-electron chi connectivity index (χ1n) is 9.80. The number of amides is 1. The largest absolute Gasteiger partial charge is 0.497 e. The van der Waals surface area contributed by atoms with Gasteiger partial charge in [-0.2, -0.15) is 0 Å². The van der Waals surface area contributed by atoms with Crippen LogP contribution in [-0.2, 0) is 14.8 Å². The predicted molar refractivity (Wildman–Crippen MR) is 107 cm³/mol. The summed E-state index contributed by atoms with van der Waals surface area (Å²) in [4.78, 5) is 12.9. The highest BCUT2D eigenvalue weighted by Gasteiger charge is 2.37. The molecule has 1 N–H and O–H groups in total. The number of ether oxygens (including phenoxy) is 2. The van der Waals surface area contributed by atoms with Gasteiger partial charge in [0.05, 0.1) is 18.9 Å². The quantitative estimate of drug-likeness (QED) is 0.806. The summed E-state index contributed by atoms with van der Waals surface area (Å²) in [5.41, 5.74) is 0.524. The van der Waals surface area contributed by atoms with E-state index in [1.165, 1.54) is 4.31 Å². The van der Waals surface area contributed by atoms with Crippen LogP contribution in [0.3, 0.4) is 0 Å². The van der Waals surface area contributed by atoms with Crippen LogP contribution < -0.4 is 14.8 Å². The predicted octanol–water partition coefficient (Wildman–Crippen LogP) is 2.48. The molecular weight excluding hydrogens is 380 g/mol. The summed E-state index contributed by atoms with van der Waals surface area (Å²) in [6, 6.07) is 5.47. The van der Waals surface area contributed by atoms with Gasteiger partial charge in [-0.15, -0.1) is 0 Å². The van der Waals surface area contributed by atoms with E-state index in [-0.39, 0.29) is 23.6 Å². The summed E-state index contributed by atoms with van der Waals surface area (Å²) in [5.74, 6) is 1.37. The van der Waals surface area contributed by atoms with Crippen molar-refractivity contribution in [3.8, 4) is 11.5 Å². The lowest BCUT2D eigenvalue weighted by molar-refractivity contribution is -0.127. The normalized spacial score (nSPS) is 22.8. The number of carbonyl (C=O) groups is 1. The molecule has 2 heterocycles. The lowest BCUT2D eigenvalue weighted by atomic mass is 9.88. The molecule has 2 aliphatic rings. The van der Waals surface area contributed by atoms with Gasteiger partial charge >= 0.3 is 0 Å². The first-order chi connectivity index (χ1) is 13.1. The highest BCUT2D eigenvalue weighted by molar-refractivity contribution is 7.89. The third-order valence-electron chi connectivity index (χ3n) is 5.57. The molecule has 2 aliphatic heterocycles. The Balaban J connectivity index is 1.71. The van der Waals surface area contributed by atoms with Crippen LogP contribution >= 0.6 is 0 Å². The molecule has 1 aromatic carbocycles. The molecule has 28 heavy (non-hydrogen) atoms. The third kappa shape index (κ3) is 4.43. The minimum atomic E-state index is -3.19. The van der Waals surface area contributed by atoms with Crippen molar-refractivity contribution in [1.29, 1.82) is 0 Å². The van der Waals surface area contributed by atoms with E-state index >= 15 is 0 Å². The summed E-state index contributed by atoms with van der Waals surface area (Å²) in [7, 11) is -1.58. The van der Waals surface area contributed by atoms with E-state index in [0.29, 0.717) is 32.4 Å². The van der Waals surface area contributed by atoms with Crippen molar-refractivity contribution in [2.75, 3.05) is 26.0 Å². The van der Waals surface area contributed by atoms with Crippen LogP contribution in [0, 0.1) is 5.92 Å². The number of nitrogens with zero attached hydrogens (tertiary/aromatic N) is 1. The zero-order valence-electron chi connectivity index (χ0n) is 17.0. The van der Waals surface area contributed by atoms with Gasteiger partial charge in [0.15, 0.2) is 0 Å². The van der Waals surface area contributed by atoms with Crippen molar-refractivity contribution in [2.24, 2.45) is 5.92 Å².